The molecule has 0 heterocycles. The van der Waals surface area contributed by atoms with Crippen molar-refractivity contribution in [3.05, 3.63) is 71.8 Å². The summed E-state index contributed by atoms with van der Waals surface area (Å²) in [6.07, 6.45) is 9.21. The van der Waals surface area contributed by atoms with Gasteiger partial charge < -0.3 is 24.3 Å². The lowest BCUT2D eigenvalue weighted by Crippen LogP contribution is -2.48. The molecule has 6 rings (SSSR count). The van der Waals surface area contributed by atoms with Crippen LogP contribution in [0.4, 0.5) is 5.69 Å². The van der Waals surface area contributed by atoms with Crippen molar-refractivity contribution < 1.29 is 28.5 Å². The number of hydrogen-bond acceptors (Lipinski definition) is 6. The van der Waals surface area contributed by atoms with Crippen molar-refractivity contribution in [2.24, 2.45) is 17.8 Å². The second kappa shape index (κ2) is 11.7. The van der Waals surface area contributed by atoms with Crippen molar-refractivity contribution >= 4 is 17.6 Å². The molecule has 7 heteroatoms. The van der Waals surface area contributed by atoms with Gasteiger partial charge in [0, 0.05) is 23.9 Å². The molecule has 0 radical (unpaired) electrons. The number of carbonyl (C=O) groups is 2. The monoisotopic (exact) mass is 519 g/mol. The maximum atomic E-state index is 13.2. The Kier molecular flexibility index (Phi) is 8.15. The summed E-state index contributed by atoms with van der Waals surface area (Å²) < 4.78 is 21.9. The van der Waals surface area contributed by atoms with Crippen LogP contribution >= 0.6 is 0 Å². The van der Waals surface area contributed by atoms with Crippen LogP contribution in [0.2, 0.25) is 0 Å². The minimum absolute atomic E-state index is 0.108. The molecule has 1 amide bonds. The first-order chi connectivity index (χ1) is 18.5. The van der Waals surface area contributed by atoms with Crippen molar-refractivity contribution in [1.82, 2.24) is 0 Å². The van der Waals surface area contributed by atoms with Gasteiger partial charge in [-0.2, -0.15) is 0 Å². The molecule has 0 unspecified atom stereocenters. The Morgan fingerprint density at radius 1 is 0.974 bits per heavy atom. The van der Waals surface area contributed by atoms with E-state index in [1.54, 1.807) is 31.4 Å². The SMILES string of the molecule is C=CCOC(=O)c1ccc(NC(=O)c2ccc(C34CC5CC(CC(C5)C3)C4)c(OCOCCOC)c2)cc1. The summed E-state index contributed by atoms with van der Waals surface area (Å²) in [7, 11) is 1.64. The van der Waals surface area contributed by atoms with E-state index in [2.05, 4.69) is 18.0 Å². The molecule has 2 aromatic carbocycles. The third-order valence-corrected chi connectivity index (χ3v) is 8.29. The van der Waals surface area contributed by atoms with E-state index in [-0.39, 0.29) is 24.7 Å². The average molecular weight is 520 g/mol. The maximum absolute atomic E-state index is 13.2. The lowest BCUT2D eigenvalue weighted by atomic mass is 9.48. The fourth-order valence-electron chi connectivity index (χ4n) is 7.08. The van der Waals surface area contributed by atoms with Crippen LogP contribution in [0.25, 0.3) is 0 Å². The van der Waals surface area contributed by atoms with Crippen molar-refractivity contribution in [2.75, 3.05) is 39.0 Å². The molecule has 0 aliphatic heterocycles. The molecule has 4 saturated carbocycles. The third kappa shape index (κ3) is 5.79. The molecular weight excluding hydrogens is 482 g/mol. The molecular formula is C31H37NO6. The number of benzene rings is 2. The second-order valence-corrected chi connectivity index (χ2v) is 11.0. The van der Waals surface area contributed by atoms with E-state index in [4.69, 9.17) is 18.9 Å². The Morgan fingerprint density at radius 2 is 1.63 bits per heavy atom. The summed E-state index contributed by atoms with van der Waals surface area (Å²) in [5, 5.41) is 2.92. The molecule has 2 aromatic rings. The maximum Gasteiger partial charge on any atom is 0.338 e. The van der Waals surface area contributed by atoms with Crippen LogP contribution in [0.5, 0.6) is 5.75 Å². The van der Waals surface area contributed by atoms with Crippen molar-refractivity contribution in [1.29, 1.82) is 0 Å². The van der Waals surface area contributed by atoms with Gasteiger partial charge in [0.1, 0.15) is 12.4 Å². The summed E-state index contributed by atoms with van der Waals surface area (Å²) in [6, 6.07) is 12.5. The van der Waals surface area contributed by atoms with E-state index in [0.717, 1.165) is 23.5 Å². The van der Waals surface area contributed by atoms with Crippen LogP contribution in [0.15, 0.2) is 55.1 Å². The van der Waals surface area contributed by atoms with E-state index in [0.29, 0.717) is 30.0 Å². The molecule has 0 saturated heterocycles. The van der Waals surface area contributed by atoms with Gasteiger partial charge in [-0.15, -0.1) is 0 Å². The first-order valence-electron chi connectivity index (χ1n) is 13.5. The van der Waals surface area contributed by atoms with Crippen LogP contribution in [-0.4, -0.2) is 45.6 Å². The first kappa shape index (κ1) is 26.4. The summed E-state index contributed by atoms with van der Waals surface area (Å²) in [6.45, 7) is 4.75. The zero-order valence-electron chi connectivity index (χ0n) is 22.1. The molecule has 0 atom stereocenters. The topological polar surface area (TPSA) is 83.1 Å². The Labute approximate surface area is 224 Å². The predicted octanol–water partition coefficient (Wildman–Crippen LogP) is 5.75. The predicted molar refractivity (Wildman–Crippen MR) is 144 cm³/mol. The van der Waals surface area contributed by atoms with Crippen LogP contribution in [0.1, 0.15) is 64.8 Å². The smallest absolute Gasteiger partial charge is 0.338 e. The average Bonchev–Trinajstić information content (AvgIpc) is 2.91. The Hall–Kier alpha value is -3.16. The fraction of sp³-hybridized carbons (Fsp3) is 0.484. The van der Waals surface area contributed by atoms with E-state index < -0.39 is 5.97 Å². The van der Waals surface area contributed by atoms with Gasteiger partial charge in [-0.05, 0) is 98.1 Å². The Morgan fingerprint density at radius 3 is 2.26 bits per heavy atom. The highest BCUT2D eigenvalue weighted by Gasteiger charge is 2.52. The lowest BCUT2D eigenvalue weighted by molar-refractivity contribution is -0.0190. The quantitative estimate of drug-likeness (QED) is 0.166. The first-order valence-corrected chi connectivity index (χ1v) is 13.5. The number of nitrogens with one attached hydrogen (secondary N) is 1. The number of ether oxygens (including phenoxy) is 4. The molecule has 4 bridgehead atoms. The van der Waals surface area contributed by atoms with E-state index >= 15 is 0 Å². The van der Waals surface area contributed by atoms with Gasteiger partial charge in [-0.3, -0.25) is 4.79 Å². The lowest BCUT2D eigenvalue weighted by Gasteiger charge is -2.57. The van der Waals surface area contributed by atoms with Gasteiger partial charge in [0.2, 0.25) is 0 Å². The summed E-state index contributed by atoms with van der Waals surface area (Å²) in [4.78, 5) is 25.2. The van der Waals surface area contributed by atoms with Crippen LogP contribution in [0.3, 0.4) is 0 Å². The number of carbonyl (C=O) groups excluding carboxylic acids is 2. The van der Waals surface area contributed by atoms with E-state index in [9.17, 15) is 9.59 Å². The number of methoxy groups -OCH3 is 1. The van der Waals surface area contributed by atoms with E-state index in [1.807, 2.05) is 12.1 Å². The molecule has 4 aliphatic carbocycles. The minimum Gasteiger partial charge on any atom is -0.467 e. The number of anilines is 1. The molecule has 38 heavy (non-hydrogen) atoms. The molecule has 202 valence electrons. The van der Waals surface area contributed by atoms with Gasteiger partial charge in [-0.1, -0.05) is 18.7 Å². The molecule has 7 nitrogen and oxygen atoms in total. The highest BCUT2D eigenvalue weighted by molar-refractivity contribution is 6.04. The third-order valence-electron chi connectivity index (χ3n) is 8.29. The number of rotatable bonds is 12. The van der Waals surface area contributed by atoms with Crippen molar-refractivity contribution in [3.8, 4) is 5.75 Å². The number of hydrogen-bond donors (Lipinski definition) is 1. The zero-order valence-corrected chi connectivity index (χ0v) is 22.1. The number of esters is 1. The summed E-state index contributed by atoms with van der Waals surface area (Å²) in [5.41, 5.74) is 2.85. The van der Waals surface area contributed by atoms with Gasteiger partial charge in [0.15, 0.2) is 6.79 Å². The molecule has 0 aromatic heterocycles. The largest absolute Gasteiger partial charge is 0.467 e. The fourth-order valence-corrected chi connectivity index (χ4v) is 7.08. The van der Waals surface area contributed by atoms with Crippen LogP contribution in [0, 0.1) is 17.8 Å². The highest BCUT2D eigenvalue weighted by Crippen LogP contribution is 2.61. The molecule has 1 N–H and O–H groups in total. The van der Waals surface area contributed by atoms with Gasteiger partial charge in [0.25, 0.3) is 5.91 Å². The van der Waals surface area contributed by atoms with E-state index in [1.165, 1.54) is 50.2 Å². The molecule has 4 fully saturated rings. The second-order valence-electron chi connectivity index (χ2n) is 11.0. The Bertz CT molecular complexity index is 1120. The molecule has 4 aliphatic rings. The standard InChI is InChI=1S/C31H37NO6/c1-3-10-37-30(34)24-4-7-26(8-5-24)32-29(33)25-6-9-27(28(16-25)38-20-36-12-11-35-2)31-17-21-13-22(18-31)15-23(14-21)19-31/h3-9,16,21-23H,1,10-15,17-20H2,2H3,(H,32,33). The number of amides is 1. The van der Waals surface area contributed by atoms with Crippen LogP contribution < -0.4 is 10.1 Å². The van der Waals surface area contributed by atoms with Crippen molar-refractivity contribution in [3.63, 3.8) is 0 Å². The Balaban J connectivity index is 1.33. The molecule has 0 spiro atoms. The minimum atomic E-state index is -0.433. The van der Waals surface area contributed by atoms with Crippen LogP contribution in [-0.2, 0) is 19.6 Å². The zero-order chi connectivity index (χ0) is 26.5. The summed E-state index contributed by atoms with van der Waals surface area (Å²) >= 11 is 0. The highest BCUT2D eigenvalue weighted by atomic mass is 16.7. The van der Waals surface area contributed by atoms with Gasteiger partial charge in [-0.25, -0.2) is 4.79 Å². The van der Waals surface area contributed by atoms with Gasteiger partial charge in [0.05, 0.1) is 18.8 Å². The van der Waals surface area contributed by atoms with Gasteiger partial charge >= 0.3 is 5.97 Å². The summed E-state index contributed by atoms with van der Waals surface area (Å²) in [5.74, 6) is 2.45. The normalized spacial score (nSPS) is 25.1. The van der Waals surface area contributed by atoms with Crippen molar-refractivity contribution in [2.45, 2.75) is 43.9 Å².